The largest absolute Gasteiger partial charge is 0.493 e. The maximum absolute atomic E-state index is 12.3. The number of ether oxygens (including phenoxy) is 3. The maximum atomic E-state index is 12.3. The number of rotatable bonds is 8. The van der Waals surface area contributed by atoms with E-state index in [4.69, 9.17) is 14.2 Å². The van der Waals surface area contributed by atoms with Gasteiger partial charge in [0.2, 0.25) is 5.91 Å². The summed E-state index contributed by atoms with van der Waals surface area (Å²) in [5, 5.41) is 5.27. The molecule has 3 aromatic rings. The SMILES string of the molecule is CCOc1ccc(-c2nc(COC(=O)c3cccc(NC(C)=O)c3)cs2)cc1OC. The van der Waals surface area contributed by atoms with E-state index in [-0.39, 0.29) is 12.5 Å². The van der Waals surface area contributed by atoms with Crippen LogP contribution in [0, 0.1) is 0 Å². The predicted octanol–water partition coefficient (Wildman–Crippen LogP) is 4.53. The second-order valence-corrected chi connectivity index (χ2v) is 7.14. The van der Waals surface area contributed by atoms with Crippen molar-refractivity contribution in [1.82, 2.24) is 4.98 Å². The van der Waals surface area contributed by atoms with Crippen LogP contribution in [0.2, 0.25) is 0 Å². The minimum atomic E-state index is -0.487. The monoisotopic (exact) mass is 426 g/mol. The molecule has 1 heterocycles. The molecule has 0 spiro atoms. The van der Waals surface area contributed by atoms with Gasteiger partial charge in [0.1, 0.15) is 11.6 Å². The van der Waals surface area contributed by atoms with Crippen LogP contribution in [0.5, 0.6) is 11.5 Å². The van der Waals surface area contributed by atoms with Crippen LogP contribution in [0.3, 0.4) is 0 Å². The topological polar surface area (TPSA) is 86.8 Å². The first kappa shape index (κ1) is 21.3. The number of amides is 1. The summed E-state index contributed by atoms with van der Waals surface area (Å²) < 4.78 is 16.3. The molecule has 0 radical (unpaired) electrons. The molecule has 0 bridgehead atoms. The van der Waals surface area contributed by atoms with E-state index in [1.165, 1.54) is 18.3 Å². The number of aromatic nitrogens is 1. The minimum absolute atomic E-state index is 0.0495. The van der Waals surface area contributed by atoms with E-state index in [1.807, 2.05) is 30.5 Å². The number of carbonyl (C=O) groups excluding carboxylic acids is 2. The predicted molar refractivity (Wildman–Crippen MR) is 115 cm³/mol. The Morgan fingerprint density at radius 2 is 1.97 bits per heavy atom. The summed E-state index contributed by atoms with van der Waals surface area (Å²) in [5.41, 5.74) is 2.43. The Hall–Kier alpha value is -3.39. The molecule has 1 amide bonds. The number of benzene rings is 2. The lowest BCUT2D eigenvalue weighted by Gasteiger charge is -2.10. The van der Waals surface area contributed by atoms with E-state index in [2.05, 4.69) is 10.3 Å². The molecule has 0 aliphatic heterocycles. The Balaban J connectivity index is 1.66. The first-order chi connectivity index (χ1) is 14.5. The number of methoxy groups -OCH3 is 1. The lowest BCUT2D eigenvalue weighted by Crippen LogP contribution is -2.09. The van der Waals surface area contributed by atoms with Gasteiger partial charge in [-0.05, 0) is 43.3 Å². The number of hydrogen-bond donors (Lipinski definition) is 1. The number of hydrogen-bond acceptors (Lipinski definition) is 7. The molecule has 2 aromatic carbocycles. The Kier molecular flexibility index (Phi) is 7.03. The summed E-state index contributed by atoms with van der Waals surface area (Å²) >= 11 is 1.45. The highest BCUT2D eigenvalue weighted by molar-refractivity contribution is 7.13. The fourth-order valence-corrected chi connectivity index (χ4v) is 3.53. The highest BCUT2D eigenvalue weighted by Crippen LogP contribution is 2.33. The van der Waals surface area contributed by atoms with E-state index in [1.54, 1.807) is 31.4 Å². The van der Waals surface area contributed by atoms with Crippen molar-refractivity contribution in [3.63, 3.8) is 0 Å². The van der Waals surface area contributed by atoms with Crippen molar-refractivity contribution >= 4 is 28.9 Å². The van der Waals surface area contributed by atoms with Crippen molar-refractivity contribution in [2.24, 2.45) is 0 Å². The number of carbonyl (C=O) groups is 2. The van der Waals surface area contributed by atoms with Crippen LogP contribution in [0.4, 0.5) is 5.69 Å². The zero-order valence-electron chi connectivity index (χ0n) is 16.9. The van der Waals surface area contributed by atoms with Crippen molar-refractivity contribution in [2.75, 3.05) is 19.0 Å². The second-order valence-electron chi connectivity index (χ2n) is 6.28. The zero-order valence-corrected chi connectivity index (χ0v) is 17.7. The number of nitrogens with zero attached hydrogens (tertiary/aromatic N) is 1. The van der Waals surface area contributed by atoms with E-state index in [9.17, 15) is 9.59 Å². The molecular weight excluding hydrogens is 404 g/mol. The van der Waals surface area contributed by atoms with Crippen LogP contribution in [-0.4, -0.2) is 30.6 Å². The highest BCUT2D eigenvalue weighted by Gasteiger charge is 2.13. The van der Waals surface area contributed by atoms with Crippen LogP contribution in [0.15, 0.2) is 47.8 Å². The van der Waals surface area contributed by atoms with E-state index in [0.29, 0.717) is 35.1 Å². The average molecular weight is 426 g/mol. The summed E-state index contributed by atoms with van der Waals surface area (Å²) in [6.45, 7) is 3.92. The molecule has 30 heavy (non-hydrogen) atoms. The lowest BCUT2D eigenvalue weighted by atomic mass is 10.2. The van der Waals surface area contributed by atoms with Gasteiger partial charge in [-0.25, -0.2) is 9.78 Å². The smallest absolute Gasteiger partial charge is 0.338 e. The fourth-order valence-electron chi connectivity index (χ4n) is 2.73. The summed E-state index contributed by atoms with van der Waals surface area (Å²) in [6, 6.07) is 12.2. The fraction of sp³-hybridized carbons (Fsp3) is 0.227. The molecule has 156 valence electrons. The molecule has 0 aliphatic rings. The molecule has 0 aliphatic carbocycles. The van der Waals surface area contributed by atoms with E-state index in [0.717, 1.165) is 10.6 Å². The third-order valence-corrected chi connectivity index (χ3v) is 4.97. The standard InChI is InChI=1S/C22H22N2O5S/c1-4-28-19-9-8-15(11-20(19)27-3)21-24-18(13-30-21)12-29-22(26)16-6-5-7-17(10-16)23-14(2)25/h5-11,13H,4,12H2,1-3H3,(H,23,25). The van der Waals surface area contributed by atoms with E-state index < -0.39 is 5.97 Å². The molecule has 0 saturated carbocycles. The van der Waals surface area contributed by atoms with Gasteiger partial charge in [0, 0.05) is 23.6 Å². The van der Waals surface area contributed by atoms with Crippen molar-refractivity contribution in [2.45, 2.75) is 20.5 Å². The van der Waals surface area contributed by atoms with Gasteiger partial charge in [0.25, 0.3) is 0 Å². The van der Waals surface area contributed by atoms with Gasteiger partial charge in [-0.15, -0.1) is 11.3 Å². The van der Waals surface area contributed by atoms with Gasteiger partial charge in [-0.2, -0.15) is 0 Å². The third-order valence-electron chi connectivity index (χ3n) is 4.03. The van der Waals surface area contributed by atoms with Crippen molar-refractivity contribution < 1.29 is 23.8 Å². The van der Waals surface area contributed by atoms with Crippen LogP contribution < -0.4 is 14.8 Å². The molecule has 7 nitrogen and oxygen atoms in total. The first-order valence-electron chi connectivity index (χ1n) is 9.30. The Labute approximate surface area is 178 Å². The average Bonchev–Trinajstić information content (AvgIpc) is 3.21. The highest BCUT2D eigenvalue weighted by atomic mass is 32.1. The summed E-state index contributed by atoms with van der Waals surface area (Å²) in [4.78, 5) is 28.0. The van der Waals surface area contributed by atoms with Gasteiger partial charge < -0.3 is 19.5 Å². The Morgan fingerprint density at radius 1 is 1.13 bits per heavy atom. The number of esters is 1. The van der Waals surface area contributed by atoms with Crippen LogP contribution >= 0.6 is 11.3 Å². The van der Waals surface area contributed by atoms with Crippen LogP contribution in [-0.2, 0) is 16.1 Å². The van der Waals surface area contributed by atoms with Gasteiger partial charge in [-0.1, -0.05) is 6.07 Å². The van der Waals surface area contributed by atoms with Gasteiger partial charge in [0.15, 0.2) is 11.5 Å². The van der Waals surface area contributed by atoms with E-state index >= 15 is 0 Å². The third kappa shape index (κ3) is 5.36. The molecule has 1 N–H and O–H groups in total. The molecular formula is C22H22N2O5S. The number of thiazole rings is 1. The second kappa shape index (κ2) is 9.89. The van der Waals surface area contributed by atoms with Gasteiger partial charge in [0.05, 0.1) is 25.0 Å². The normalized spacial score (nSPS) is 10.4. The van der Waals surface area contributed by atoms with Crippen molar-refractivity contribution in [1.29, 1.82) is 0 Å². The maximum Gasteiger partial charge on any atom is 0.338 e. The minimum Gasteiger partial charge on any atom is -0.493 e. The number of anilines is 1. The molecule has 0 unspecified atom stereocenters. The molecule has 0 atom stereocenters. The molecule has 1 aromatic heterocycles. The van der Waals surface area contributed by atoms with Crippen LogP contribution in [0.25, 0.3) is 10.6 Å². The summed E-state index contributed by atoms with van der Waals surface area (Å²) in [7, 11) is 1.59. The molecule has 3 rings (SSSR count). The van der Waals surface area contributed by atoms with Crippen molar-refractivity contribution in [3.8, 4) is 22.1 Å². The van der Waals surface area contributed by atoms with Crippen molar-refractivity contribution in [3.05, 3.63) is 59.1 Å². The quantitative estimate of drug-likeness (QED) is 0.533. The summed E-state index contributed by atoms with van der Waals surface area (Å²) in [5.74, 6) is 0.619. The van der Waals surface area contributed by atoms with Gasteiger partial charge in [-0.3, -0.25) is 4.79 Å². The molecule has 8 heteroatoms. The molecule has 0 fully saturated rings. The lowest BCUT2D eigenvalue weighted by molar-refractivity contribution is -0.114. The Bertz CT molecular complexity index is 1050. The number of nitrogens with one attached hydrogen (secondary N) is 1. The zero-order chi connectivity index (χ0) is 21.5. The summed E-state index contributed by atoms with van der Waals surface area (Å²) in [6.07, 6.45) is 0. The first-order valence-corrected chi connectivity index (χ1v) is 10.2. The Morgan fingerprint density at radius 3 is 2.70 bits per heavy atom. The molecule has 0 saturated heterocycles. The van der Waals surface area contributed by atoms with Crippen LogP contribution in [0.1, 0.15) is 29.9 Å². The van der Waals surface area contributed by atoms with Gasteiger partial charge >= 0.3 is 5.97 Å².